The highest BCUT2D eigenvalue weighted by Crippen LogP contribution is 2.07. The Morgan fingerprint density at radius 2 is 2.00 bits per heavy atom. The number of esters is 2. The average molecular weight is 220 g/mol. The van der Waals surface area contributed by atoms with Crippen LogP contribution in [0.2, 0.25) is 0 Å². The van der Waals surface area contributed by atoms with E-state index in [-0.39, 0.29) is 13.1 Å². The molecule has 1 aromatic rings. The second-order valence-corrected chi connectivity index (χ2v) is 3.80. The molecule has 0 spiro atoms. The summed E-state index contributed by atoms with van der Waals surface area (Å²) in [4.78, 5) is 27.9. The molecule has 1 saturated heterocycles. The van der Waals surface area contributed by atoms with Crippen molar-refractivity contribution in [2.75, 3.05) is 13.1 Å². The molecule has 5 heteroatoms. The van der Waals surface area contributed by atoms with Gasteiger partial charge < -0.3 is 4.74 Å². The van der Waals surface area contributed by atoms with Crippen LogP contribution in [0.4, 0.5) is 0 Å². The smallest absolute Gasteiger partial charge is 0.327 e. The van der Waals surface area contributed by atoms with Crippen LogP contribution in [0.15, 0.2) is 18.3 Å². The molecule has 5 nitrogen and oxygen atoms in total. The highest BCUT2D eigenvalue weighted by Gasteiger charge is 2.24. The third-order valence-corrected chi connectivity index (χ3v) is 2.31. The van der Waals surface area contributed by atoms with E-state index in [1.807, 2.05) is 19.1 Å². The second-order valence-electron chi connectivity index (χ2n) is 3.80. The number of morpholine rings is 1. The summed E-state index contributed by atoms with van der Waals surface area (Å²) in [7, 11) is 0. The van der Waals surface area contributed by atoms with Crippen LogP contribution in [-0.4, -0.2) is 34.9 Å². The van der Waals surface area contributed by atoms with Gasteiger partial charge in [-0.2, -0.15) is 0 Å². The standard InChI is InChI=1S/C11H12N2O3/c1-8-2-3-9(4-12-8)5-13-6-10(14)16-11(15)7-13/h2-4H,5-7H2,1H3. The first-order valence-electron chi connectivity index (χ1n) is 5.01. The monoisotopic (exact) mass is 220 g/mol. The van der Waals surface area contributed by atoms with Crippen LogP contribution in [0.1, 0.15) is 11.3 Å². The summed E-state index contributed by atoms with van der Waals surface area (Å²) in [5.74, 6) is -0.979. The molecule has 84 valence electrons. The Bertz CT molecular complexity index is 398. The van der Waals surface area contributed by atoms with Crippen molar-refractivity contribution in [3.8, 4) is 0 Å². The molecular weight excluding hydrogens is 208 g/mol. The van der Waals surface area contributed by atoms with Gasteiger partial charge in [0.1, 0.15) is 0 Å². The molecular formula is C11H12N2O3. The summed E-state index contributed by atoms with van der Waals surface area (Å²) in [6, 6.07) is 3.84. The summed E-state index contributed by atoms with van der Waals surface area (Å²) in [5, 5.41) is 0. The Hall–Kier alpha value is -1.75. The van der Waals surface area contributed by atoms with Crippen LogP contribution >= 0.6 is 0 Å². The summed E-state index contributed by atoms with van der Waals surface area (Å²) in [6.45, 7) is 2.75. The number of hydrogen-bond acceptors (Lipinski definition) is 5. The fourth-order valence-electron chi connectivity index (χ4n) is 1.57. The molecule has 0 N–H and O–H groups in total. The van der Waals surface area contributed by atoms with Crippen LogP contribution in [-0.2, 0) is 20.9 Å². The lowest BCUT2D eigenvalue weighted by Crippen LogP contribution is -2.42. The quantitative estimate of drug-likeness (QED) is 0.529. The molecule has 0 radical (unpaired) electrons. The van der Waals surface area contributed by atoms with Crippen molar-refractivity contribution in [2.24, 2.45) is 0 Å². The van der Waals surface area contributed by atoms with Crippen LogP contribution in [0.5, 0.6) is 0 Å². The minimum absolute atomic E-state index is 0.152. The third kappa shape index (κ3) is 2.64. The zero-order valence-electron chi connectivity index (χ0n) is 8.97. The first-order chi connectivity index (χ1) is 7.63. The maximum Gasteiger partial charge on any atom is 0.327 e. The van der Waals surface area contributed by atoms with Gasteiger partial charge in [-0.05, 0) is 18.6 Å². The highest BCUT2D eigenvalue weighted by atomic mass is 16.6. The van der Waals surface area contributed by atoms with Gasteiger partial charge in [-0.15, -0.1) is 0 Å². The zero-order chi connectivity index (χ0) is 11.5. The number of nitrogens with zero attached hydrogens (tertiary/aromatic N) is 2. The predicted molar refractivity (Wildman–Crippen MR) is 55.4 cm³/mol. The van der Waals surface area contributed by atoms with Gasteiger partial charge in [-0.1, -0.05) is 6.07 Å². The van der Waals surface area contributed by atoms with E-state index in [4.69, 9.17) is 0 Å². The number of aryl methyl sites for hydroxylation is 1. The van der Waals surface area contributed by atoms with Gasteiger partial charge >= 0.3 is 11.9 Å². The summed E-state index contributed by atoms with van der Waals surface area (Å²) < 4.78 is 4.44. The first kappa shape index (κ1) is 10.8. The molecule has 0 saturated carbocycles. The van der Waals surface area contributed by atoms with E-state index in [1.165, 1.54) is 0 Å². The molecule has 2 heterocycles. The number of hydrogen-bond donors (Lipinski definition) is 0. The molecule has 1 fully saturated rings. The molecule has 0 aromatic carbocycles. The largest absolute Gasteiger partial charge is 0.391 e. The lowest BCUT2D eigenvalue weighted by molar-refractivity contribution is -0.167. The number of carbonyl (C=O) groups excluding carboxylic acids is 2. The van der Waals surface area contributed by atoms with Crippen molar-refractivity contribution >= 4 is 11.9 Å². The molecule has 0 aliphatic carbocycles. The summed E-state index contributed by atoms with van der Waals surface area (Å²) in [5.41, 5.74) is 1.92. The SMILES string of the molecule is Cc1ccc(CN2CC(=O)OC(=O)C2)cn1. The van der Waals surface area contributed by atoms with Crippen molar-refractivity contribution in [3.63, 3.8) is 0 Å². The Kier molecular flexibility index (Phi) is 2.96. The fraction of sp³-hybridized carbons (Fsp3) is 0.364. The topological polar surface area (TPSA) is 59.5 Å². The van der Waals surface area contributed by atoms with Crippen LogP contribution in [0, 0.1) is 6.92 Å². The number of carbonyl (C=O) groups is 2. The van der Waals surface area contributed by atoms with Gasteiger partial charge in [-0.25, -0.2) is 0 Å². The molecule has 1 aliphatic rings. The van der Waals surface area contributed by atoms with Gasteiger partial charge in [0.25, 0.3) is 0 Å². The zero-order valence-corrected chi connectivity index (χ0v) is 8.97. The lowest BCUT2D eigenvalue weighted by Gasteiger charge is -2.23. The van der Waals surface area contributed by atoms with Gasteiger partial charge in [0.15, 0.2) is 0 Å². The van der Waals surface area contributed by atoms with Gasteiger partial charge in [-0.3, -0.25) is 19.5 Å². The third-order valence-electron chi connectivity index (χ3n) is 2.31. The minimum Gasteiger partial charge on any atom is -0.391 e. The molecule has 0 amide bonds. The first-order valence-corrected chi connectivity index (χ1v) is 5.01. The number of rotatable bonds is 2. The van der Waals surface area contributed by atoms with Gasteiger partial charge in [0.05, 0.1) is 13.1 Å². The lowest BCUT2D eigenvalue weighted by atomic mass is 10.2. The van der Waals surface area contributed by atoms with E-state index in [0.29, 0.717) is 6.54 Å². The Morgan fingerprint density at radius 3 is 2.56 bits per heavy atom. The van der Waals surface area contributed by atoms with Crippen LogP contribution in [0.25, 0.3) is 0 Å². The maximum atomic E-state index is 11.0. The van der Waals surface area contributed by atoms with E-state index in [1.54, 1.807) is 11.1 Å². The molecule has 0 bridgehead atoms. The summed E-state index contributed by atoms with van der Waals surface area (Å²) >= 11 is 0. The van der Waals surface area contributed by atoms with Crippen molar-refractivity contribution in [1.29, 1.82) is 0 Å². The molecule has 0 unspecified atom stereocenters. The second kappa shape index (κ2) is 4.40. The Balaban J connectivity index is 2.01. The van der Waals surface area contributed by atoms with Crippen molar-refractivity contribution in [3.05, 3.63) is 29.6 Å². The molecule has 1 aliphatic heterocycles. The van der Waals surface area contributed by atoms with E-state index >= 15 is 0 Å². The molecule has 0 atom stereocenters. The molecule has 1 aromatic heterocycles. The van der Waals surface area contributed by atoms with Crippen LogP contribution < -0.4 is 0 Å². The molecule has 16 heavy (non-hydrogen) atoms. The van der Waals surface area contributed by atoms with Crippen LogP contribution in [0.3, 0.4) is 0 Å². The average Bonchev–Trinajstić information content (AvgIpc) is 2.20. The van der Waals surface area contributed by atoms with E-state index in [2.05, 4.69) is 9.72 Å². The Morgan fingerprint density at radius 1 is 1.31 bits per heavy atom. The number of aromatic nitrogens is 1. The predicted octanol–water partition coefficient (Wildman–Crippen LogP) is 0.275. The highest BCUT2D eigenvalue weighted by molar-refractivity contribution is 5.90. The van der Waals surface area contributed by atoms with Gasteiger partial charge in [0, 0.05) is 18.4 Å². The Labute approximate surface area is 93.0 Å². The maximum absolute atomic E-state index is 11.0. The summed E-state index contributed by atoms with van der Waals surface area (Å²) in [6.07, 6.45) is 1.75. The van der Waals surface area contributed by atoms with Gasteiger partial charge in [0.2, 0.25) is 0 Å². The minimum atomic E-state index is -0.490. The van der Waals surface area contributed by atoms with E-state index < -0.39 is 11.9 Å². The van der Waals surface area contributed by atoms with Crippen molar-refractivity contribution in [2.45, 2.75) is 13.5 Å². The van der Waals surface area contributed by atoms with Crippen molar-refractivity contribution in [1.82, 2.24) is 9.88 Å². The van der Waals surface area contributed by atoms with E-state index in [9.17, 15) is 9.59 Å². The van der Waals surface area contributed by atoms with Crippen molar-refractivity contribution < 1.29 is 14.3 Å². The fourth-order valence-corrected chi connectivity index (χ4v) is 1.57. The number of ether oxygens (including phenoxy) is 1. The molecule has 2 rings (SSSR count). The number of cyclic esters (lactones) is 2. The number of pyridine rings is 1. The normalized spacial score (nSPS) is 17.3. The van der Waals surface area contributed by atoms with E-state index in [0.717, 1.165) is 11.3 Å².